The van der Waals surface area contributed by atoms with Gasteiger partial charge < -0.3 is 5.11 Å². The van der Waals surface area contributed by atoms with Gasteiger partial charge in [0.1, 0.15) is 0 Å². The Morgan fingerprint density at radius 1 is 1.25 bits per heavy atom. The Labute approximate surface area is 118 Å². The van der Waals surface area contributed by atoms with Gasteiger partial charge in [-0.25, -0.2) is 9.52 Å². The van der Waals surface area contributed by atoms with E-state index >= 15 is 0 Å². The van der Waals surface area contributed by atoms with Crippen LogP contribution in [0.15, 0.2) is 24.3 Å². The molecule has 20 heavy (non-hydrogen) atoms. The first-order chi connectivity index (χ1) is 9.50. The number of nitrogens with zero attached hydrogens (tertiary/aromatic N) is 1. The van der Waals surface area contributed by atoms with Gasteiger partial charge in [-0.2, -0.15) is 12.7 Å². The van der Waals surface area contributed by atoms with Gasteiger partial charge in [0.2, 0.25) is 0 Å². The molecular formula is C13H18N2O4S. The number of nitrogens with one attached hydrogen (secondary N) is 1. The highest BCUT2D eigenvalue weighted by molar-refractivity contribution is 7.87. The highest BCUT2D eigenvalue weighted by atomic mass is 32.2. The van der Waals surface area contributed by atoms with Crippen LogP contribution in [0.4, 0.5) is 0 Å². The Hall–Kier alpha value is -1.44. The van der Waals surface area contributed by atoms with E-state index in [0.29, 0.717) is 25.1 Å². The van der Waals surface area contributed by atoms with Crippen molar-refractivity contribution in [1.29, 1.82) is 0 Å². The Bertz CT molecular complexity index is 580. The zero-order valence-electron chi connectivity index (χ0n) is 11.1. The minimum Gasteiger partial charge on any atom is -0.478 e. The second kappa shape index (κ2) is 6.34. The predicted molar refractivity (Wildman–Crippen MR) is 74.8 cm³/mol. The molecule has 2 N–H and O–H groups in total. The van der Waals surface area contributed by atoms with Gasteiger partial charge in [-0.05, 0) is 30.9 Å². The summed E-state index contributed by atoms with van der Waals surface area (Å²) in [6.45, 7) is 1.31. The summed E-state index contributed by atoms with van der Waals surface area (Å²) in [6.07, 6.45) is 2.14. The van der Waals surface area contributed by atoms with Crippen molar-refractivity contribution in [3.63, 3.8) is 0 Å². The minimum atomic E-state index is -3.43. The van der Waals surface area contributed by atoms with E-state index in [9.17, 15) is 13.2 Å². The van der Waals surface area contributed by atoms with Crippen molar-refractivity contribution in [2.75, 3.05) is 19.6 Å². The van der Waals surface area contributed by atoms with Gasteiger partial charge in [0.25, 0.3) is 10.2 Å². The summed E-state index contributed by atoms with van der Waals surface area (Å²) in [7, 11) is -3.43. The van der Waals surface area contributed by atoms with Crippen LogP contribution in [0.5, 0.6) is 0 Å². The Kier molecular flexibility index (Phi) is 4.74. The lowest BCUT2D eigenvalue weighted by molar-refractivity contribution is 0.0695. The van der Waals surface area contributed by atoms with E-state index in [1.54, 1.807) is 18.2 Å². The molecule has 1 aromatic rings. The number of hydrogen-bond donors (Lipinski definition) is 2. The van der Waals surface area contributed by atoms with Crippen LogP contribution in [0.25, 0.3) is 0 Å². The first-order valence-electron chi connectivity index (χ1n) is 6.56. The molecule has 1 saturated heterocycles. The van der Waals surface area contributed by atoms with E-state index in [2.05, 4.69) is 4.72 Å². The lowest BCUT2D eigenvalue weighted by atomic mass is 10.1. The van der Waals surface area contributed by atoms with Crippen molar-refractivity contribution in [3.05, 3.63) is 35.4 Å². The Morgan fingerprint density at radius 3 is 2.55 bits per heavy atom. The molecule has 0 radical (unpaired) electrons. The van der Waals surface area contributed by atoms with E-state index in [-0.39, 0.29) is 12.1 Å². The monoisotopic (exact) mass is 298 g/mol. The summed E-state index contributed by atoms with van der Waals surface area (Å²) in [4.78, 5) is 11.0. The number of carboxylic acid groups (broad SMARTS) is 1. The molecule has 2 rings (SSSR count). The van der Waals surface area contributed by atoms with Gasteiger partial charge in [0, 0.05) is 19.6 Å². The maximum absolute atomic E-state index is 11.9. The third-order valence-electron chi connectivity index (χ3n) is 3.33. The first-order valence-corrected chi connectivity index (χ1v) is 8.00. The molecule has 1 heterocycles. The largest absolute Gasteiger partial charge is 0.478 e. The van der Waals surface area contributed by atoms with Crippen LogP contribution < -0.4 is 4.72 Å². The fourth-order valence-electron chi connectivity index (χ4n) is 2.28. The second-order valence-corrected chi connectivity index (χ2v) is 6.47. The van der Waals surface area contributed by atoms with Crippen LogP contribution in [0.2, 0.25) is 0 Å². The third-order valence-corrected chi connectivity index (χ3v) is 4.95. The summed E-state index contributed by atoms with van der Waals surface area (Å²) < 4.78 is 27.8. The van der Waals surface area contributed by atoms with Crippen LogP contribution in [-0.2, 0) is 16.6 Å². The van der Waals surface area contributed by atoms with E-state index < -0.39 is 16.2 Å². The Morgan fingerprint density at radius 2 is 1.90 bits per heavy atom. The van der Waals surface area contributed by atoms with E-state index in [1.807, 2.05) is 0 Å². The normalized spacial score (nSPS) is 16.4. The van der Waals surface area contributed by atoms with Crippen molar-refractivity contribution in [2.45, 2.75) is 19.3 Å². The molecule has 0 spiro atoms. The molecule has 0 bridgehead atoms. The highest BCUT2D eigenvalue weighted by Crippen LogP contribution is 2.12. The van der Waals surface area contributed by atoms with Crippen LogP contribution in [0, 0.1) is 0 Å². The highest BCUT2D eigenvalue weighted by Gasteiger charge is 2.24. The zero-order valence-corrected chi connectivity index (χ0v) is 11.9. The average Bonchev–Trinajstić information content (AvgIpc) is 2.93. The number of hydrogen-bond acceptors (Lipinski definition) is 3. The number of benzene rings is 1. The van der Waals surface area contributed by atoms with Gasteiger partial charge in [0.15, 0.2) is 0 Å². The molecule has 6 nitrogen and oxygen atoms in total. The predicted octanol–water partition coefficient (Wildman–Crippen LogP) is 0.857. The van der Waals surface area contributed by atoms with Crippen LogP contribution in [0.1, 0.15) is 28.8 Å². The molecule has 0 aliphatic carbocycles. The topological polar surface area (TPSA) is 86.7 Å². The molecule has 0 atom stereocenters. The molecule has 110 valence electrons. The molecule has 0 saturated carbocycles. The van der Waals surface area contributed by atoms with Crippen molar-refractivity contribution < 1.29 is 18.3 Å². The fraction of sp³-hybridized carbons (Fsp3) is 0.462. The molecule has 1 aromatic carbocycles. The van der Waals surface area contributed by atoms with Crippen LogP contribution >= 0.6 is 0 Å². The second-order valence-electron chi connectivity index (χ2n) is 4.72. The lowest BCUT2D eigenvalue weighted by Gasteiger charge is -2.16. The Balaban J connectivity index is 1.94. The van der Waals surface area contributed by atoms with Crippen molar-refractivity contribution in [1.82, 2.24) is 9.03 Å². The average molecular weight is 298 g/mol. The summed E-state index contributed by atoms with van der Waals surface area (Å²) in [5, 5.41) is 9.05. The summed E-state index contributed by atoms with van der Waals surface area (Å²) >= 11 is 0. The summed E-state index contributed by atoms with van der Waals surface area (Å²) in [5.74, 6) is -0.997. The summed E-state index contributed by atoms with van der Waals surface area (Å²) in [5.41, 5.74) is 0.844. The van der Waals surface area contributed by atoms with Crippen LogP contribution in [0.3, 0.4) is 0 Å². The molecule has 0 aromatic heterocycles. The van der Waals surface area contributed by atoms with Crippen molar-refractivity contribution >= 4 is 16.2 Å². The van der Waals surface area contributed by atoms with Gasteiger partial charge in [-0.15, -0.1) is 0 Å². The molecule has 1 aliphatic heterocycles. The quantitative estimate of drug-likeness (QED) is 0.815. The van der Waals surface area contributed by atoms with E-state index in [4.69, 9.17) is 5.11 Å². The minimum absolute atomic E-state index is 0.198. The summed E-state index contributed by atoms with van der Waals surface area (Å²) in [6, 6.07) is 6.62. The number of carbonyl (C=O) groups is 1. The number of rotatable bonds is 6. The van der Waals surface area contributed by atoms with E-state index in [0.717, 1.165) is 12.8 Å². The molecule has 0 unspecified atom stereocenters. The maximum Gasteiger partial charge on any atom is 0.335 e. The van der Waals surface area contributed by atoms with Gasteiger partial charge in [-0.1, -0.05) is 18.2 Å². The van der Waals surface area contributed by atoms with Crippen molar-refractivity contribution in [3.8, 4) is 0 Å². The SMILES string of the molecule is O=C(O)c1ccccc1CCNS(=O)(=O)N1CCCC1. The number of carboxylic acids is 1. The maximum atomic E-state index is 11.9. The van der Waals surface area contributed by atoms with E-state index in [1.165, 1.54) is 10.4 Å². The molecule has 0 amide bonds. The van der Waals surface area contributed by atoms with Gasteiger partial charge in [-0.3, -0.25) is 0 Å². The smallest absolute Gasteiger partial charge is 0.335 e. The fourth-order valence-corrected chi connectivity index (χ4v) is 3.56. The molecular weight excluding hydrogens is 280 g/mol. The molecule has 1 aliphatic rings. The lowest BCUT2D eigenvalue weighted by Crippen LogP contribution is -2.39. The van der Waals surface area contributed by atoms with Gasteiger partial charge in [0.05, 0.1) is 5.56 Å². The molecule has 7 heteroatoms. The van der Waals surface area contributed by atoms with Gasteiger partial charge >= 0.3 is 5.97 Å². The third kappa shape index (κ3) is 3.56. The van der Waals surface area contributed by atoms with Crippen LogP contribution in [-0.4, -0.2) is 43.4 Å². The van der Waals surface area contributed by atoms with Crippen molar-refractivity contribution in [2.24, 2.45) is 0 Å². The standard InChI is InChI=1S/C13H18N2O4S/c16-13(17)12-6-2-1-5-11(12)7-8-14-20(18,19)15-9-3-4-10-15/h1-2,5-6,14H,3-4,7-10H2,(H,16,17). The zero-order chi connectivity index (χ0) is 14.6. The number of aromatic carboxylic acids is 1. The first kappa shape index (κ1) is 15.0. The molecule has 1 fully saturated rings.